The van der Waals surface area contributed by atoms with Gasteiger partial charge < -0.3 is 47.7 Å². The topological polar surface area (TPSA) is 278 Å². The molecule has 0 saturated heterocycles. The zero-order chi connectivity index (χ0) is 74.1. The Labute approximate surface area is 618 Å². The van der Waals surface area contributed by atoms with E-state index in [1.165, 1.54) is 186 Å². The molecule has 22 heteroatoms. The maximum absolute atomic E-state index is 13.2. The third-order valence-corrected chi connectivity index (χ3v) is 17.3. The number of amides is 6. The van der Waals surface area contributed by atoms with Gasteiger partial charge in [0.2, 0.25) is 0 Å². The Bertz CT molecular complexity index is 2400. The Kier molecular flexibility index (Phi) is 55.1. The number of hydrogen-bond acceptors (Lipinski definition) is 16. The second-order valence-corrected chi connectivity index (χ2v) is 26.9. The lowest BCUT2D eigenvalue weighted by Crippen LogP contribution is -2.18. The molecular formula is C81H134N6O16. The van der Waals surface area contributed by atoms with Gasteiger partial charge >= 0.3 is 36.6 Å². The van der Waals surface area contributed by atoms with Crippen molar-refractivity contribution in [1.82, 2.24) is 0 Å². The Morgan fingerprint density at radius 2 is 0.388 bits per heavy atom. The van der Waals surface area contributed by atoms with Gasteiger partial charge in [-0.3, -0.25) is 31.9 Å². The molecule has 0 aromatic heterocycles. The number of carbonyl (C=O) groups excluding carboxylic acids is 6. The zero-order valence-corrected chi connectivity index (χ0v) is 63.7. The third kappa shape index (κ3) is 51.5. The van der Waals surface area contributed by atoms with E-state index in [4.69, 9.17) is 42.6 Å². The van der Waals surface area contributed by atoms with Crippen LogP contribution in [0.25, 0.3) is 0 Å². The van der Waals surface area contributed by atoms with Crippen molar-refractivity contribution >= 4 is 70.7 Å². The number of carbonyl (C=O) groups is 6. The summed E-state index contributed by atoms with van der Waals surface area (Å²) in [5.74, 6) is 0.942. The van der Waals surface area contributed by atoms with Gasteiger partial charge in [-0.15, -0.1) is 0 Å². The summed E-state index contributed by atoms with van der Waals surface area (Å²) < 4.78 is 50.9. The maximum atomic E-state index is 13.2. The van der Waals surface area contributed by atoms with E-state index in [-0.39, 0.29) is 96.0 Å². The Morgan fingerprint density at radius 1 is 0.223 bits per heavy atom. The predicted octanol–water partition coefficient (Wildman–Crippen LogP) is 23.4. The van der Waals surface area contributed by atoms with E-state index < -0.39 is 36.6 Å². The van der Waals surface area contributed by atoms with Crippen molar-refractivity contribution in [3.05, 3.63) is 54.6 Å². The minimum Gasteiger partial charge on any atom is -0.493 e. The van der Waals surface area contributed by atoms with Gasteiger partial charge in [-0.2, -0.15) is 0 Å². The van der Waals surface area contributed by atoms with Gasteiger partial charge in [-0.05, 0) is 43.9 Å². The van der Waals surface area contributed by atoms with Crippen molar-refractivity contribution in [2.45, 2.75) is 304 Å². The van der Waals surface area contributed by atoms with Gasteiger partial charge in [-0.25, -0.2) is 28.8 Å². The molecule has 22 nitrogen and oxygen atoms in total. The predicted molar refractivity (Wildman–Crippen MR) is 414 cm³/mol. The molecule has 103 heavy (non-hydrogen) atoms. The highest BCUT2D eigenvalue weighted by Crippen LogP contribution is 2.29. The highest BCUT2D eigenvalue weighted by atomic mass is 16.6. The van der Waals surface area contributed by atoms with E-state index in [1.807, 2.05) is 0 Å². The number of rotatable bonds is 64. The fourth-order valence-corrected chi connectivity index (χ4v) is 11.5. The van der Waals surface area contributed by atoms with Crippen LogP contribution in [0.4, 0.5) is 62.9 Å². The average molecular weight is 1450 g/mol. The van der Waals surface area contributed by atoms with Crippen LogP contribution in [0, 0.1) is 0 Å². The molecule has 3 aromatic rings. The van der Waals surface area contributed by atoms with Crippen LogP contribution in [0.3, 0.4) is 0 Å². The summed E-state index contributed by atoms with van der Waals surface area (Å²) in [6, 6.07) is 14.2. The molecule has 7 N–H and O–H groups in total. The van der Waals surface area contributed by atoms with Crippen molar-refractivity contribution in [3.8, 4) is 17.2 Å². The van der Waals surface area contributed by atoms with Crippen LogP contribution in [0.2, 0.25) is 0 Å². The highest BCUT2D eigenvalue weighted by Gasteiger charge is 2.16. The second-order valence-electron chi connectivity index (χ2n) is 26.9. The van der Waals surface area contributed by atoms with Crippen molar-refractivity contribution in [3.63, 3.8) is 0 Å². The molecule has 0 heterocycles. The summed E-state index contributed by atoms with van der Waals surface area (Å²) in [5, 5.41) is 25.8. The Balaban J connectivity index is 1.54. The molecule has 0 aliphatic rings. The minimum absolute atomic E-state index is 0.0536. The molecule has 0 fully saturated rings. The number of anilines is 6. The van der Waals surface area contributed by atoms with E-state index in [1.54, 1.807) is 48.5 Å². The molecule has 584 valence electrons. The first-order chi connectivity index (χ1) is 50.4. The second kappa shape index (κ2) is 63.1. The molecule has 0 spiro atoms. The van der Waals surface area contributed by atoms with Gasteiger partial charge in [0.25, 0.3) is 0 Å². The number of benzene rings is 3. The summed E-state index contributed by atoms with van der Waals surface area (Å²) in [6.45, 7) is 10.1. The summed E-state index contributed by atoms with van der Waals surface area (Å²) in [7, 11) is 0. The standard InChI is InChI=1S/C81H134N6O16/c1-5-9-13-17-21-25-29-33-37-41-49-98-76(89)82-69-59-70(83-77(90)99-50-42-38-34-30-26-22-18-14-10-6-2)64-74(63-69)96-54-46-56-102-80(93)86-67-58-68(62-73(61-67)95-53-45-48-88)87-81(94)103-57-47-55-97-75-65-71(84-78(91)100-51-43-39-35-31-27-23-19-15-11-7-3)60-72(66-75)85-79(92)101-52-44-40-36-32-28-24-20-16-12-8-4/h58-66,88H,5-57H2,1-4H3,(H,82,89)(H,83,90)(H,84,91)(H,85,92)(H,86,93)(H,87,94). The quantitative estimate of drug-likeness (QED) is 0.0204. The van der Waals surface area contributed by atoms with Gasteiger partial charge in [0.15, 0.2) is 0 Å². The third-order valence-electron chi connectivity index (χ3n) is 17.3. The molecular weight excluding hydrogens is 1310 g/mol. The average Bonchev–Trinajstić information content (AvgIpc) is 0.967. The minimum atomic E-state index is -0.797. The van der Waals surface area contributed by atoms with Crippen LogP contribution in [-0.4, -0.2) is 108 Å². The molecule has 3 aromatic carbocycles. The van der Waals surface area contributed by atoms with Crippen LogP contribution in [0.1, 0.15) is 304 Å². The molecule has 0 bridgehead atoms. The van der Waals surface area contributed by atoms with E-state index in [0.717, 1.165) is 77.0 Å². The van der Waals surface area contributed by atoms with Crippen molar-refractivity contribution in [2.24, 2.45) is 0 Å². The van der Waals surface area contributed by atoms with Gasteiger partial charge in [0.1, 0.15) is 17.2 Å². The van der Waals surface area contributed by atoms with Crippen LogP contribution >= 0.6 is 0 Å². The fraction of sp³-hybridized carbons (Fsp3) is 0.704. The number of ether oxygens (including phenoxy) is 9. The van der Waals surface area contributed by atoms with Crippen molar-refractivity contribution in [1.29, 1.82) is 0 Å². The van der Waals surface area contributed by atoms with E-state index in [2.05, 4.69) is 59.6 Å². The number of aliphatic hydroxyl groups is 1. The molecule has 0 saturated carbocycles. The van der Waals surface area contributed by atoms with Crippen LogP contribution in [0.15, 0.2) is 54.6 Å². The normalized spacial score (nSPS) is 10.9. The number of aliphatic hydroxyl groups excluding tert-OH is 1. The highest BCUT2D eigenvalue weighted by molar-refractivity contribution is 5.91. The molecule has 0 aliphatic carbocycles. The number of nitrogens with one attached hydrogen (secondary N) is 6. The molecule has 0 aliphatic heterocycles. The first-order valence-electron chi connectivity index (χ1n) is 40.0. The van der Waals surface area contributed by atoms with E-state index in [0.29, 0.717) is 40.7 Å². The lowest BCUT2D eigenvalue weighted by Gasteiger charge is -2.14. The van der Waals surface area contributed by atoms with Crippen molar-refractivity contribution < 1.29 is 76.5 Å². The first-order valence-corrected chi connectivity index (χ1v) is 40.0. The molecule has 0 radical (unpaired) electrons. The van der Waals surface area contributed by atoms with E-state index >= 15 is 0 Å². The van der Waals surface area contributed by atoms with Crippen LogP contribution in [-0.2, 0) is 28.4 Å². The Hall–Kier alpha value is -7.36. The van der Waals surface area contributed by atoms with E-state index in [9.17, 15) is 33.9 Å². The van der Waals surface area contributed by atoms with Crippen molar-refractivity contribution in [2.75, 3.05) is 98.0 Å². The first kappa shape index (κ1) is 89.9. The summed E-state index contributed by atoms with van der Waals surface area (Å²) in [6.07, 6.45) is 43.2. The van der Waals surface area contributed by atoms with Crippen LogP contribution in [0.5, 0.6) is 17.2 Å². The summed E-state index contributed by atoms with van der Waals surface area (Å²) >= 11 is 0. The number of unbranched alkanes of at least 4 members (excludes halogenated alkanes) is 36. The van der Waals surface area contributed by atoms with Crippen LogP contribution < -0.4 is 46.1 Å². The summed E-state index contributed by atoms with van der Waals surface area (Å²) in [5.41, 5.74) is 1.81. The Morgan fingerprint density at radius 3 is 0.573 bits per heavy atom. The van der Waals surface area contributed by atoms with Gasteiger partial charge in [-0.1, -0.05) is 259 Å². The largest absolute Gasteiger partial charge is 0.493 e. The van der Waals surface area contributed by atoms with Gasteiger partial charge in [0, 0.05) is 96.4 Å². The lowest BCUT2D eigenvalue weighted by atomic mass is 10.1. The lowest BCUT2D eigenvalue weighted by molar-refractivity contribution is 0.151. The fourth-order valence-electron chi connectivity index (χ4n) is 11.5. The SMILES string of the molecule is CCCCCCCCCCCCOC(=O)Nc1cc(NC(=O)OCCCCCCCCCCCC)cc(OCCCOC(=O)Nc2cc(NC(=O)OCCCOc3cc(NC(=O)OCCCCCCCCCCCC)cc(NC(=O)OCCCCCCCCCCCC)c3)cc(OCCCO)c2)c1. The zero-order valence-electron chi connectivity index (χ0n) is 63.7. The van der Waals surface area contributed by atoms with Gasteiger partial charge in [0.05, 0.1) is 59.5 Å². The molecule has 0 atom stereocenters. The molecule has 6 amide bonds. The molecule has 3 rings (SSSR count). The summed E-state index contributed by atoms with van der Waals surface area (Å²) in [4.78, 5) is 78.1. The maximum Gasteiger partial charge on any atom is 0.411 e. The number of hydrogen-bond donors (Lipinski definition) is 7. The smallest absolute Gasteiger partial charge is 0.411 e. The monoisotopic (exact) mass is 1450 g/mol. The molecule has 0 unspecified atom stereocenters.